The van der Waals surface area contributed by atoms with Gasteiger partial charge in [0.25, 0.3) is 5.91 Å². The zero-order chi connectivity index (χ0) is 27.8. The van der Waals surface area contributed by atoms with Crippen LogP contribution in [0.2, 0.25) is 0 Å². The van der Waals surface area contributed by atoms with Crippen LogP contribution in [0.3, 0.4) is 0 Å². The Bertz CT molecular complexity index is 1290. The summed E-state index contributed by atoms with van der Waals surface area (Å²) in [6, 6.07) is 20.2. The lowest BCUT2D eigenvalue weighted by atomic mass is 10.1. The van der Waals surface area contributed by atoms with Gasteiger partial charge in [0.15, 0.2) is 0 Å². The Labute approximate surface area is 230 Å². The second kappa shape index (κ2) is 12.9. The van der Waals surface area contributed by atoms with Gasteiger partial charge >= 0.3 is 6.03 Å². The summed E-state index contributed by atoms with van der Waals surface area (Å²) >= 11 is 0. The molecule has 9 heteroatoms. The molecule has 1 saturated heterocycles. The Morgan fingerprint density at radius 3 is 2.15 bits per heavy atom. The van der Waals surface area contributed by atoms with Gasteiger partial charge in [-0.1, -0.05) is 25.1 Å². The number of nitrogens with one attached hydrogen (secondary N) is 3. The van der Waals surface area contributed by atoms with Gasteiger partial charge in [-0.05, 0) is 55.8 Å². The number of ether oxygens (including phenoxy) is 2. The van der Waals surface area contributed by atoms with Crippen LogP contribution in [0, 0.1) is 0 Å². The molecule has 1 atom stereocenters. The van der Waals surface area contributed by atoms with E-state index in [1.54, 1.807) is 44.6 Å². The van der Waals surface area contributed by atoms with Gasteiger partial charge in [-0.3, -0.25) is 4.79 Å². The van der Waals surface area contributed by atoms with Crippen LogP contribution in [0.25, 0.3) is 0 Å². The number of hydrogen-bond acceptors (Lipinski definition) is 6. The highest BCUT2D eigenvalue weighted by Crippen LogP contribution is 2.31. The number of nitrogens with zero attached hydrogens (tertiary/aromatic N) is 2. The molecule has 9 nitrogen and oxygen atoms in total. The number of rotatable bonds is 9. The molecule has 3 aromatic carbocycles. The zero-order valence-corrected chi connectivity index (χ0v) is 23.0. The Morgan fingerprint density at radius 1 is 0.821 bits per heavy atom. The second-order valence-electron chi connectivity index (χ2n) is 9.47. The van der Waals surface area contributed by atoms with Crippen LogP contribution in [-0.4, -0.2) is 58.4 Å². The highest BCUT2D eigenvalue weighted by molar-refractivity contribution is 6.04. The van der Waals surface area contributed by atoms with Crippen molar-refractivity contribution < 1.29 is 19.1 Å². The number of carbonyl (C=O) groups is 2. The van der Waals surface area contributed by atoms with E-state index < -0.39 is 6.03 Å². The molecule has 1 unspecified atom stereocenters. The summed E-state index contributed by atoms with van der Waals surface area (Å²) in [5, 5.41) is 8.73. The fourth-order valence-corrected chi connectivity index (χ4v) is 4.55. The molecule has 0 aliphatic carbocycles. The average Bonchev–Trinajstić information content (AvgIpc) is 2.97. The van der Waals surface area contributed by atoms with Gasteiger partial charge in [-0.15, -0.1) is 0 Å². The highest BCUT2D eigenvalue weighted by Gasteiger charge is 2.24. The topological polar surface area (TPSA) is 95.2 Å². The van der Waals surface area contributed by atoms with E-state index in [2.05, 4.69) is 31.8 Å². The van der Waals surface area contributed by atoms with Crippen LogP contribution in [0.5, 0.6) is 11.5 Å². The average molecular weight is 532 g/mol. The number of amides is 3. The number of piperazine rings is 1. The number of para-hydroxylation sites is 2. The van der Waals surface area contributed by atoms with Crippen molar-refractivity contribution in [2.24, 2.45) is 0 Å². The van der Waals surface area contributed by atoms with Crippen LogP contribution in [0.1, 0.15) is 30.6 Å². The van der Waals surface area contributed by atoms with Crippen molar-refractivity contribution in [1.29, 1.82) is 0 Å². The predicted octanol–water partition coefficient (Wildman–Crippen LogP) is 5.20. The van der Waals surface area contributed by atoms with Gasteiger partial charge in [-0.2, -0.15) is 0 Å². The molecular formula is C30H37N5O4. The SMILES string of the molecule is CCC(C)NC(=O)c1cc(NC(=O)Nc2cccc(OC)c2)ccc1N1CCN(c2ccccc2OC)CC1. The first-order chi connectivity index (χ1) is 18.9. The van der Waals surface area contributed by atoms with E-state index in [1.807, 2.05) is 44.2 Å². The molecule has 3 aromatic rings. The van der Waals surface area contributed by atoms with Crippen molar-refractivity contribution in [1.82, 2.24) is 5.32 Å². The number of anilines is 4. The monoisotopic (exact) mass is 531 g/mol. The molecule has 3 N–H and O–H groups in total. The third-order valence-electron chi connectivity index (χ3n) is 6.86. The summed E-state index contributed by atoms with van der Waals surface area (Å²) < 4.78 is 10.8. The van der Waals surface area contributed by atoms with Crippen LogP contribution in [0.4, 0.5) is 27.5 Å². The molecule has 206 valence electrons. The van der Waals surface area contributed by atoms with Crippen LogP contribution < -0.4 is 35.2 Å². The molecule has 39 heavy (non-hydrogen) atoms. The van der Waals surface area contributed by atoms with Gasteiger partial charge in [0, 0.05) is 55.3 Å². The van der Waals surface area contributed by atoms with E-state index in [0.717, 1.165) is 49.7 Å². The Hall–Kier alpha value is -4.40. The number of methoxy groups -OCH3 is 2. The van der Waals surface area contributed by atoms with Gasteiger partial charge < -0.3 is 35.2 Å². The molecule has 0 spiro atoms. The number of carbonyl (C=O) groups excluding carboxylic acids is 2. The van der Waals surface area contributed by atoms with Crippen molar-refractivity contribution in [3.63, 3.8) is 0 Å². The largest absolute Gasteiger partial charge is 0.497 e. The normalized spacial score (nSPS) is 13.8. The van der Waals surface area contributed by atoms with Crippen molar-refractivity contribution in [3.8, 4) is 11.5 Å². The molecule has 4 rings (SSSR count). The van der Waals surface area contributed by atoms with E-state index in [4.69, 9.17) is 9.47 Å². The van der Waals surface area contributed by atoms with Crippen LogP contribution >= 0.6 is 0 Å². The molecule has 1 aliphatic heterocycles. The lowest BCUT2D eigenvalue weighted by Crippen LogP contribution is -2.47. The minimum Gasteiger partial charge on any atom is -0.497 e. The lowest BCUT2D eigenvalue weighted by Gasteiger charge is -2.38. The molecule has 3 amide bonds. The Balaban J connectivity index is 1.51. The standard InChI is InChI=1S/C30H37N5O4/c1-5-21(2)31-29(36)25-20-23(33-30(37)32-22-9-8-10-24(19-22)38-3)13-14-26(25)34-15-17-35(18-16-34)27-11-6-7-12-28(27)39-4/h6-14,19-21H,5,15-18H2,1-4H3,(H,31,36)(H2,32,33,37). The van der Waals surface area contributed by atoms with E-state index >= 15 is 0 Å². The van der Waals surface area contributed by atoms with E-state index in [-0.39, 0.29) is 11.9 Å². The fraction of sp³-hybridized carbons (Fsp3) is 0.333. The number of urea groups is 1. The molecule has 0 bridgehead atoms. The van der Waals surface area contributed by atoms with E-state index in [9.17, 15) is 9.59 Å². The molecule has 1 heterocycles. The predicted molar refractivity (Wildman–Crippen MR) is 157 cm³/mol. The quantitative estimate of drug-likeness (QED) is 0.351. The maximum Gasteiger partial charge on any atom is 0.323 e. The summed E-state index contributed by atoms with van der Waals surface area (Å²) in [7, 11) is 3.26. The molecule has 0 saturated carbocycles. The molecule has 0 radical (unpaired) electrons. The second-order valence-corrected chi connectivity index (χ2v) is 9.47. The summed E-state index contributed by atoms with van der Waals surface area (Å²) in [4.78, 5) is 30.6. The fourth-order valence-electron chi connectivity index (χ4n) is 4.55. The first-order valence-corrected chi connectivity index (χ1v) is 13.2. The third kappa shape index (κ3) is 6.93. The smallest absolute Gasteiger partial charge is 0.323 e. The van der Waals surface area contributed by atoms with Crippen molar-refractivity contribution in [3.05, 3.63) is 72.3 Å². The number of hydrogen-bond donors (Lipinski definition) is 3. The summed E-state index contributed by atoms with van der Waals surface area (Å²) in [6.07, 6.45) is 0.819. The Kier molecular flexibility index (Phi) is 9.14. The van der Waals surface area contributed by atoms with E-state index in [0.29, 0.717) is 22.7 Å². The van der Waals surface area contributed by atoms with Crippen molar-refractivity contribution in [2.75, 3.05) is 60.8 Å². The highest BCUT2D eigenvalue weighted by atomic mass is 16.5. The van der Waals surface area contributed by atoms with Gasteiger partial charge in [-0.25, -0.2) is 4.79 Å². The zero-order valence-electron chi connectivity index (χ0n) is 23.0. The number of benzene rings is 3. The maximum atomic E-state index is 13.3. The van der Waals surface area contributed by atoms with Crippen LogP contribution in [-0.2, 0) is 0 Å². The Morgan fingerprint density at radius 2 is 1.49 bits per heavy atom. The van der Waals surface area contributed by atoms with Crippen molar-refractivity contribution in [2.45, 2.75) is 26.3 Å². The first kappa shape index (κ1) is 27.6. The third-order valence-corrected chi connectivity index (χ3v) is 6.86. The lowest BCUT2D eigenvalue weighted by molar-refractivity contribution is 0.0939. The van der Waals surface area contributed by atoms with Gasteiger partial charge in [0.2, 0.25) is 0 Å². The summed E-state index contributed by atoms with van der Waals surface area (Å²) in [6.45, 7) is 7.07. The summed E-state index contributed by atoms with van der Waals surface area (Å²) in [5.74, 6) is 1.33. The van der Waals surface area contributed by atoms with E-state index in [1.165, 1.54) is 0 Å². The minimum atomic E-state index is -0.408. The molecule has 1 aliphatic rings. The molecule has 0 aromatic heterocycles. The first-order valence-electron chi connectivity index (χ1n) is 13.2. The maximum absolute atomic E-state index is 13.3. The van der Waals surface area contributed by atoms with Crippen molar-refractivity contribution >= 4 is 34.7 Å². The molecule has 1 fully saturated rings. The summed E-state index contributed by atoms with van der Waals surface area (Å²) in [5.41, 5.74) is 3.57. The minimum absolute atomic E-state index is 0.0284. The molecular weight excluding hydrogens is 494 g/mol. The van der Waals surface area contributed by atoms with Crippen LogP contribution in [0.15, 0.2) is 66.7 Å². The van der Waals surface area contributed by atoms with Gasteiger partial charge in [0.1, 0.15) is 11.5 Å². The van der Waals surface area contributed by atoms with Gasteiger partial charge in [0.05, 0.1) is 25.5 Å².